The number of epoxide rings is 1. The molecule has 1 fully saturated rings. The van der Waals surface area contributed by atoms with Gasteiger partial charge >= 0.3 is 0 Å². The van der Waals surface area contributed by atoms with Crippen molar-refractivity contribution in [3.63, 3.8) is 0 Å². The fraction of sp³-hybridized carbons (Fsp3) is 0.478. The average molecular weight is 370 g/mol. The van der Waals surface area contributed by atoms with Gasteiger partial charge in [0.05, 0.1) is 13.2 Å². The number of hydrogen-bond acceptors (Lipinski definition) is 4. The molecule has 4 nitrogen and oxygen atoms in total. The molecule has 0 spiro atoms. The Labute approximate surface area is 162 Å². The maximum Gasteiger partial charge on any atom is 0.119 e. The Morgan fingerprint density at radius 2 is 1.37 bits per heavy atom. The second-order valence-electron chi connectivity index (χ2n) is 7.44. The molecule has 2 aromatic carbocycles. The molecule has 2 aromatic rings. The van der Waals surface area contributed by atoms with Gasteiger partial charge in [0.25, 0.3) is 0 Å². The van der Waals surface area contributed by atoms with E-state index in [4.69, 9.17) is 19.3 Å². The lowest BCUT2D eigenvalue weighted by Crippen LogP contribution is -2.06. The maximum atomic E-state index is 8.90. The summed E-state index contributed by atoms with van der Waals surface area (Å²) in [6, 6.07) is 8.44. The predicted octanol–water partition coefficient (Wildman–Crippen LogP) is 4.05. The molecular formula is C23H30O4. The molecule has 27 heavy (non-hydrogen) atoms. The highest BCUT2D eigenvalue weighted by molar-refractivity contribution is 5.48. The van der Waals surface area contributed by atoms with Gasteiger partial charge in [-0.15, -0.1) is 0 Å². The van der Waals surface area contributed by atoms with Gasteiger partial charge in [-0.1, -0.05) is 0 Å². The Hall–Kier alpha value is -2.04. The van der Waals surface area contributed by atoms with Crippen LogP contribution in [0.1, 0.15) is 39.8 Å². The number of ether oxygens (including phenoxy) is 3. The zero-order valence-electron chi connectivity index (χ0n) is 16.8. The first-order chi connectivity index (χ1) is 13.0. The van der Waals surface area contributed by atoms with Crippen molar-refractivity contribution >= 4 is 0 Å². The third kappa shape index (κ3) is 5.24. The van der Waals surface area contributed by atoms with Crippen molar-refractivity contribution in [2.75, 3.05) is 26.4 Å². The lowest BCUT2D eigenvalue weighted by atomic mass is 9.91. The quantitative estimate of drug-likeness (QED) is 0.534. The summed E-state index contributed by atoms with van der Waals surface area (Å²) in [6.45, 7) is 10.7. The number of aliphatic hydroxyl groups is 1. The van der Waals surface area contributed by atoms with Gasteiger partial charge in [-0.25, -0.2) is 0 Å². The molecule has 1 saturated heterocycles. The van der Waals surface area contributed by atoms with Crippen molar-refractivity contribution < 1.29 is 19.3 Å². The van der Waals surface area contributed by atoms with Crippen LogP contribution in [0.3, 0.4) is 0 Å². The first kappa shape index (κ1) is 19.7. The molecule has 1 atom stereocenters. The summed E-state index contributed by atoms with van der Waals surface area (Å²) in [4.78, 5) is 0. The monoisotopic (exact) mass is 370 g/mol. The summed E-state index contributed by atoms with van der Waals surface area (Å²) in [7, 11) is 0. The lowest BCUT2D eigenvalue weighted by molar-refractivity contribution is 0.233. The molecule has 1 heterocycles. The average Bonchev–Trinajstić information content (AvgIpc) is 3.43. The van der Waals surface area contributed by atoms with Crippen LogP contribution in [0.15, 0.2) is 24.3 Å². The minimum absolute atomic E-state index is 0.155. The molecule has 4 heteroatoms. The van der Waals surface area contributed by atoms with Gasteiger partial charge in [-0.2, -0.15) is 0 Å². The van der Waals surface area contributed by atoms with E-state index < -0.39 is 0 Å². The van der Waals surface area contributed by atoms with Gasteiger partial charge < -0.3 is 19.3 Å². The smallest absolute Gasteiger partial charge is 0.119 e. The highest BCUT2D eigenvalue weighted by atomic mass is 16.6. The molecule has 0 aliphatic carbocycles. The molecular weight excluding hydrogens is 340 g/mol. The Balaban J connectivity index is 1.75. The van der Waals surface area contributed by atoms with Gasteiger partial charge in [0.1, 0.15) is 24.2 Å². The molecule has 1 unspecified atom stereocenters. The van der Waals surface area contributed by atoms with Crippen LogP contribution in [0.5, 0.6) is 11.5 Å². The van der Waals surface area contributed by atoms with E-state index in [1.54, 1.807) is 0 Å². The minimum Gasteiger partial charge on any atom is -0.493 e. The number of rotatable bonds is 9. The largest absolute Gasteiger partial charge is 0.493 e. The van der Waals surface area contributed by atoms with E-state index in [1.165, 1.54) is 33.4 Å². The van der Waals surface area contributed by atoms with E-state index in [1.807, 2.05) is 0 Å². The van der Waals surface area contributed by atoms with Gasteiger partial charge in [0.15, 0.2) is 0 Å². The van der Waals surface area contributed by atoms with Crippen LogP contribution in [0.25, 0.3) is 0 Å². The first-order valence-electron chi connectivity index (χ1n) is 9.66. The summed E-state index contributed by atoms with van der Waals surface area (Å²) in [5.74, 6) is 1.80. The van der Waals surface area contributed by atoms with Crippen LogP contribution in [0.2, 0.25) is 0 Å². The third-order valence-electron chi connectivity index (χ3n) is 5.10. The Morgan fingerprint density at radius 1 is 0.889 bits per heavy atom. The minimum atomic E-state index is 0.155. The van der Waals surface area contributed by atoms with Crippen LogP contribution in [0, 0.1) is 27.7 Å². The second-order valence-corrected chi connectivity index (χ2v) is 7.44. The van der Waals surface area contributed by atoms with E-state index in [9.17, 15) is 0 Å². The van der Waals surface area contributed by atoms with Crippen LogP contribution in [0.4, 0.5) is 0 Å². The van der Waals surface area contributed by atoms with E-state index in [0.29, 0.717) is 19.6 Å². The zero-order chi connectivity index (χ0) is 19.4. The Morgan fingerprint density at radius 3 is 1.81 bits per heavy atom. The molecule has 3 rings (SSSR count). The summed E-state index contributed by atoms with van der Waals surface area (Å²) >= 11 is 0. The van der Waals surface area contributed by atoms with Gasteiger partial charge in [0, 0.05) is 13.0 Å². The number of aliphatic hydroxyl groups excluding tert-OH is 1. The molecule has 0 radical (unpaired) electrons. The van der Waals surface area contributed by atoms with Crippen LogP contribution in [-0.2, 0) is 11.2 Å². The predicted molar refractivity (Wildman–Crippen MR) is 107 cm³/mol. The molecule has 0 amide bonds. The maximum absolute atomic E-state index is 8.90. The summed E-state index contributed by atoms with van der Waals surface area (Å²) in [5, 5.41) is 8.90. The van der Waals surface area contributed by atoms with Gasteiger partial charge in [-0.3, -0.25) is 0 Å². The SMILES string of the molecule is Cc1cc(OCCCO)cc(C)c1Cc1c(C)cc(OCC2CO2)cc1C. The van der Waals surface area contributed by atoms with Crippen molar-refractivity contribution in [2.24, 2.45) is 0 Å². The number of benzene rings is 2. The van der Waals surface area contributed by atoms with Crippen LogP contribution >= 0.6 is 0 Å². The van der Waals surface area contributed by atoms with E-state index in [-0.39, 0.29) is 12.7 Å². The normalized spacial score (nSPS) is 15.7. The molecule has 1 aliphatic heterocycles. The molecule has 1 N–H and O–H groups in total. The highest BCUT2D eigenvalue weighted by Gasteiger charge is 2.23. The summed E-state index contributed by atoms with van der Waals surface area (Å²) in [6.07, 6.45) is 1.83. The van der Waals surface area contributed by atoms with Crippen molar-refractivity contribution in [1.82, 2.24) is 0 Å². The molecule has 146 valence electrons. The first-order valence-corrected chi connectivity index (χ1v) is 9.66. The van der Waals surface area contributed by atoms with Crippen LogP contribution < -0.4 is 9.47 Å². The number of hydrogen-bond donors (Lipinski definition) is 1. The van der Waals surface area contributed by atoms with E-state index in [0.717, 1.165) is 24.5 Å². The Kier molecular flexibility index (Phi) is 6.40. The Bertz CT molecular complexity index is 747. The third-order valence-corrected chi connectivity index (χ3v) is 5.10. The topological polar surface area (TPSA) is 51.2 Å². The molecule has 0 saturated carbocycles. The van der Waals surface area contributed by atoms with Crippen molar-refractivity contribution in [2.45, 2.75) is 46.6 Å². The summed E-state index contributed by atoms with van der Waals surface area (Å²) in [5.41, 5.74) is 7.67. The second kappa shape index (κ2) is 8.77. The van der Waals surface area contributed by atoms with Gasteiger partial charge in [0.2, 0.25) is 0 Å². The van der Waals surface area contributed by atoms with Crippen molar-refractivity contribution in [1.29, 1.82) is 0 Å². The van der Waals surface area contributed by atoms with Crippen molar-refractivity contribution in [3.8, 4) is 11.5 Å². The molecule has 0 bridgehead atoms. The zero-order valence-corrected chi connectivity index (χ0v) is 16.8. The van der Waals surface area contributed by atoms with Gasteiger partial charge in [-0.05, 0) is 91.8 Å². The lowest BCUT2D eigenvalue weighted by Gasteiger charge is -2.17. The fourth-order valence-electron chi connectivity index (χ4n) is 3.42. The van der Waals surface area contributed by atoms with Crippen molar-refractivity contribution in [3.05, 3.63) is 57.6 Å². The molecule has 1 aliphatic rings. The standard InChI is InChI=1S/C23H30O4/c1-15-8-19(25-7-5-6-24)9-16(2)22(15)12-23-17(3)10-20(11-18(23)4)26-13-21-14-27-21/h8-11,21,24H,5-7,12-14H2,1-4H3. The van der Waals surface area contributed by atoms with E-state index in [2.05, 4.69) is 52.0 Å². The summed E-state index contributed by atoms with van der Waals surface area (Å²) < 4.78 is 16.8. The van der Waals surface area contributed by atoms with E-state index >= 15 is 0 Å². The fourth-order valence-corrected chi connectivity index (χ4v) is 3.42. The number of aryl methyl sites for hydroxylation is 4. The highest BCUT2D eigenvalue weighted by Crippen LogP contribution is 2.29. The molecule has 0 aromatic heterocycles. The van der Waals surface area contributed by atoms with Crippen LogP contribution in [-0.4, -0.2) is 37.6 Å².